The van der Waals surface area contributed by atoms with E-state index in [4.69, 9.17) is 0 Å². The van der Waals surface area contributed by atoms with Crippen molar-refractivity contribution in [2.24, 2.45) is 0 Å². The van der Waals surface area contributed by atoms with Crippen molar-refractivity contribution in [3.8, 4) is 0 Å². The molecule has 2 rings (SSSR count). The highest BCUT2D eigenvalue weighted by molar-refractivity contribution is 5.47. The van der Waals surface area contributed by atoms with Crippen LogP contribution in [0, 0.1) is 0 Å². The molecule has 0 unspecified atom stereocenters. The molecule has 0 amide bonds. The van der Waals surface area contributed by atoms with Gasteiger partial charge in [0.2, 0.25) is 5.82 Å². The minimum atomic E-state index is -4.58. The van der Waals surface area contributed by atoms with Gasteiger partial charge in [0.1, 0.15) is 11.6 Å². The van der Waals surface area contributed by atoms with E-state index >= 15 is 0 Å². The van der Waals surface area contributed by atoms with Crippen molar-refractivity contribution in [1.82, 2.24) is 19.7 Å². The Labute approximate surface area is 119 Å². The van der Waals surface area contributed by atoms with Gasteiger partial charge in [-0.3, -0.25) is 4.68 Å². The molecule has 0 fully saturated rings. The molecule has 0 bridgehead atoms. The first kappa shape index (κ1) is 15.1. The molecular weight excluding hydrogens is 285 g/mol. The minimum Gasteiger partial charge on any atom is -0.370 e. The standard InChI is InChI=1S/C12H15F3N6/c1-2-16-9-8-10(20-11(19-9)12(13,14)15)17-5-7-21-6-3-4-18-21/h3-4,6,8H,2,5,7H2,1H3,(H2,16,17,19,20). The van der Waals surface area contributed by atoms with Crippen LogP contribution in [0.4, 0.5) is 24.8 Å². The second-order valence-electron chi connectivity index (χ2n) is 4.19. The first-order chi connectivity index (χ1) is 9.99. The van der Waals surface area contributed by atoms with Gasteiger partial charge in [0.15, 0.2) is 0 Å². The van der Waals surface area contributed by atoms with Gasteiger partial charge in [-0.05, 0) is 13.0 Å². The molecule has 114 valence electrons. The molecular formula is C12H15F3N6. The fraction of sp³-hybridized carbons (Fsp3) is 0.417. The second-order valence-corrected chi connectivity index (χ2v) is 4.19. The van der Waals surface area contributed by atoms with Gasteiger partial charge in [-0.15, -0.1) is 0 Å². The molecule has 21 heavy (non-hydrogen) atoms. The zero-order chi connectivity index (χ0) is 15.3. The lowest BCUT2D eigenvalue weighted by Crippen LogP contribution is -2.17. The van der Waals surface area contributed by atoms with E-state index in [9.17, 15) is 13.2 Å². The Balaban J connectivity index is 2.08. The summed E-state index contributed by atoms with van der Waals surface area (Å²) in [5.74, 6) is -0.899. The van der Waals surface area contributed by atoms with Crippen LogP contribution in [0.5, 0.6) is 0 Å². The number of hydrogen-bond acceptors (Lipinski definition) is 5. The normalized spacial score (nSPS) is 11.4. The number of aromatic nitrogens is 4. The third-order valence-electron chi connectivity index (χ3n) is 2.54. The Morgan fingerprint density at radius 3 is 2.48 bits per heavy atom. The number of alkyl halides is 3. The molecule has 0 aromatic carbocycles. The zero-order valence-corrected chi connectivity index (χ0v) is 11.4. The van der Waals surface area contributed by atoms with Gasteiger partial charge in [0, 0.05) is 31.5 Å². The summed E-state index contributed by atoms with van der Waals surface area (Å²) >= 11 is 0. The van der Waals surface area contributed by atoms with E-state index in [0.717, 1.165) is 0 Å². The van der Waals surface area contributed by atoms with Crippen molar-refractivity contribution in [3.63, 3.8) is 0 Å². The maximum absolute atomic E-state index is 12.7. The largest absolute Gasteiger partial charge is 0.451 e. The number of nitrogens with zero attached hydrogens (tertiary/aromatic N) is 4. The van der Waals surface area contributed by atoms with E-state index < -0.39 is 12.0 Å². The highest BCUT2D eigenvalue weighted by Gasteiger charge is 2.35. The van der Waals surface area contributed by atoms with Crippen LogP contribution in [0.1, 0.15) is 12.7 Å². The summed E-state index contributed by atoms with van der Waals surface area (Å²) in [5, 5.41) is 9.60. The van der Waals surface area contributed by atoms with Gasteiger partial charge < -0.3 is 10.6 Å². The van der Waals surface area contributed by atoms with Crippen LogP contribution >= 0.6 is 0 Å². The summed E-state index contributed by atoms with van der Waals surface area (Å²) in [6.45, 7) is 3.18. The Bertz CT molecular complexity index is 567. The fourth-order valence-corrected chi connectivity index (χ4v) is 1.67. The maximum atomic E-state index is 12.7. The molecule has 0 aliphatic carbocycles. The van der Waals surface area contributed by atoms with Crippen LogP contribution in [-0.2, 0) is 12.7 Å². The van der Waals surface area contributed by atoms with Crippen molar-refractivity contribution in [1.29, 1.82) is 0 Å². The molecule has 0 saturated heterocycles. The lowest BCUT2D eigenvalue weighted by Gasteiger charge is -2.12. The van der Waals surface area contributed by atoms with Crippen LogP contribution in [0.3, 0.4) is 0 Å². The first-order valence-corrected chi connectivity index (χ1v) is 6.40. The molecule has 0 aliphatic rings. The lowest BCUT2D eigenvalue weighted by atomic mass is 10.4. The summed E-state index contributed by atoms with van der Waals surface area (Å²) < 4.78 is 39.9. The molecule has 0 spiro atoms. The smallest absolute Gasteiger partial charge is 0.370 e. The molecule has 2 N–H and O–H groups in total. The summed E-state index contributed by atoms with van der Waals surface area (Å²) in [5.41, 5.74) is 0. The van der Waals surface area contributed by atoms with Gasteiger partial charge in [-0.2, -0.15) is 18.3 Å². The molecule has 0 aliphatic heterocycles. The van der Waals surface area contributed by atoms with E-state index in [1.165, 1.54) is 6.07 Å². The van der Waals surface area contributed by atoms with Crippen LogP contribution < -0.4 is 10.6 Å². The third kappa shape index (κ3) is 4.33. The van der Waals surface area contributed by atoms with E-state index in [-0.39, 0.29) is 11.6 Å². The van der Waals surface area contributed by atoms with E-state index in [0.29, 0.717) is 19.6 Å². The van der Waals surface area contributed by atoms with Gasteiger partial charge in [-0.1, -0.05) is 0 Å². The van der Waals surface area contributed by atoms with Gasteiger partial charge in [0.05, 0.1) is 6.54 Å². The predicted octanol–water partition coefficient (Wildman–Crippen LogP) is 2.24. The van der Waals surface area contributed by atoms with Crippen LogP contribution in [-0.4, -0.2) is 32.8 Å². The number of rotatable bonds is 6. The molecule has 0 saturated carbocycles. The quantitative estimate of drug-likeness (QED) is 0.856. The van der Waals surface area contributed by atoms with Crippen molar-refractivity contribution in [2.45, 2.75) is 19.6 Å². The van der Waals surface area contributed by atoms with Gasteiger partial charge in [-0.25, -0.2) is 9.97 Å². The fourth-order valence-electron chi connectivity index (χ4n) is 1.67. The summed E-state index contributed by atoms with van der Waals surface area (Å²) in [4.78, 5) is 6.94. The SMILES string of the molecule is CCNc1cc(NCCn2cccn2)nc(C(F)(F)F)n1. The van der Waals surface area contributed by atoms with Crippen molar-refractivity contribution in [2.75, 3.05) is 23.7 Å². The number of nitrogens with one attached hydrogen (secondary N) is 2. The molecule has 2 aromatic rings. The van der Waals surface area contributed by atoms with Gasteiger partial charge in [0.25, 0.3) is 0 Å². The molecule has 0 radical (unpaired) electrons. The number of hydrogen-bond donors (Lipinski definition) is 2. The Kier molecular flexibility index (Phi) is 4.61. The second kappa shape index (κ2) is 6.42. The average Bonchev–Trinajstić information content (AvgIpc) is 2.91. The van der Waals surface area contributed by atoms with Crippen LogP contribution in [0.25, 0.3) is 0 Å². The maximum Gasteiger partial charge on any atom is 0.451 e. The monoisotopic (exact) mass is 300 g/mol. The molecule has 6 nitrogen and oxygen atoms in total. The van der Waals surface area contributed by atoms with Crippen molar-refractivity contribution >= 4 is 11.6 Å². The highest BCUT2D eigenvalue weighted by atomic mass is 19.4. The minimum absolute atomic E-state index is 0.125. The van der Waals surface area contributed by atoms with Gasteiger partial charge >= 0.3 is 6.18 Å². The molecule has 9 heteroatoms. The highest BCUT2D eigenvalue weighted by Crippen LogP contribution is 2.28. The Hall–Kier alpha value is -2.32. The molecule has 2 aromatic heterocycles. The third-order valence-corrected chi connectivity index (χ3v) is 2.54. The van der Waals surface area contributed by atoms with Crippen molar-refractivity contribution in [3.05, 3.63) is 30.4 Å². The Morgan fingerprint density at radius 1 is 1.19 bits per heavy atom. The Morgan fingerprint density at radius 2 is 1.90 bits per heavy atom. The average molecular weight is 300 g/mol. The predicted molar refractivity (Wildman–Crippen MR) is 71.9 cm³/mol. The first-order valence-electron chi connectivity index (χ1n) is 6.40. The summed E-state index contributed by atoms with van der Waals surface area (Å²) in [6.07, 6.45) is -1.17. The van der Waals surface area contributed by atoms with Crippen LogP contribution in [0.2, 0.25) is 0 Å². The van der Waals surface area contributed by atoms with E-state index in [2.05, 4.69) is 25.7 Å². The summed E-state index contributed by atoms with van der Waals surface area (Å²) in [6, 6.07) is 3.22. The molecule has 0 atom stereocenters. The van der Waals surface area contributed by atoms with Crippen LogP contribution in [0.15, 0.2) is 24.5 Å². The summed E-state index contributed by atoms with van der Waals surface area (Å²) in [7, 11) is 0. The van der Waals surface area contributed by atoms with Crippen molar-refractivity contribution < 1.29 is 13.2 Å². The number of anilines is 2. The topological polar surface area (TPSA) is 67.7 Å². The van der Waals surface area contributed by atoms with E-state index in [1.54, 1.807) is 30.1 Å². The molecule has 2 heterocycles. The zero-order valence-electron chi connectivity index (χ0n) is 11.4. The number of halogens is 3. The lowest BCUT2D eigenvalue weighted by molar-refractivity contribution is -0.144. The van der Waals surface area contributed by atoms with E-state index in [1.807, 2.05) is 0 Å².